The molecule has 0 N–H and O–H groups in total. The molecule has 1 heterocycles. The molecule has 0 saturated carbocycles. The van der Waals surface area contributed by atoms with Crippen LogP contribution in [0, 0.1) is 5.82 Å². The van der Waals surface area contributed by atoms with Gasteiger partial charge < -0.3 is 14.4 Å². The second kappa shape index (κ2) is 15.1. The van der Waals surface area contributed by atoms with Gasteiger partial charge >= 0.3 is 0 Å². The van der Waals surface area contributed by atoms with Crippen LogP contribution in [-0.2, 0) is 0 Å². The highest BCUT2D eigenvalue weighted by Crippen LogP contribution is 2.41. The molecule has 0 atom stereocenters. The van der Waals surface area contributed by atoms with E-state index in [1.54, 1.807) is 12.1 Å². The van der Waals surface area contributed by atoms with Gasteiger partial charge in [-0.3, -0.25) is 0 Å². The van der Waals surface area contributed by atoms with Crippen LogP contribution in [0.15, 0.2) is 230 Å². The predicted octanol–water partition coefficient (Wildman–Crippen LogP) is 15.2. The standard InChI is InChI=1S/C54H38FN3/c55-43-28-34-49(35-29-43)58-53-19-11-10-18-51(53)52-38-50(36-37-54(52)58)57(46-16-8-3-9-17-46)48-32-26-42(27-33-48)40-22-20-39(21-23-40)41-24-30-47(31-25-41)56(44-12-4-1-5-13-44)45-14-6-2-7-15-45/h1-38H/i20D,21D,22D,23D. The smallest absolute Gasteiger partial charge is 0.123 e. The first-order valence-electron chi connectivity index (χ1n) is 21.2. The van der Waals surface area contributed by atoms with Crippen molar-refractivity contribution in [2.75, 3.05) is 9.80 Å². The van der Waals surface area contributed by atoms with Crippen LogP contribution in [0.2, 0.25) is 0 Å². The van der Waals surface area contributed by atoms with Gasteiger partial charge in [-0.2, -0.15) is 0 Å². The average Bonchev–Trinajstić information content (AvgIpc) is 3.65. The molecular weight excluding hydrogens is 710 g/mol. The van der Waals surface area contributed by atoms with Crippen LogP contribution in [0.1, 0.15) is 5.48 Å². The average molecular weight is 752 g/mol. The zero-order chi connectivity index (χ0) is 42.3. The van der Waals surface area contributed by atoms with Gasteiger partial charge in [0.1, 0.15) is 5.82 Å². The van der Waals surface area contributed by atoms with Crippen molar-refractivity contribution in [3.63, 3.8) is 0 Å². The molecule has 4 heteroatoms. The maximum absolute atomic E-state index is 14.0. The number of anilines is 6. The number of hydrogen-bond acceptors (Lipinski definition) is 2. The third-order valence-electron chi connectivity index (χ3n) is 10.5. The van der Waals surface area contributed by atoms with Gasteiger partial charge in [-0.25, -0.2) is 4.39 Å². The van der Waals surface area contributed by atoms with Crippen molar-refractivity contribution in [3.05, 3.63) is 236 Å². The molecule has 276 valence electrons. The van der Waals surface area contributed by atoms with Gasteiger partial charge in [0.15, 0.2) is 0 Å². The van der Waals surface area contributed by atoms with E-state index in [0.717, 1.165) is 61.6 Å². The molecule has 0 saturated heterocycles. The predicted molar refractivity (Wildman–Crippen MR) is 241 cm³/mol. The van der Waals surface area contributed by atoms with E-state index in [0.29, 0.717) is 11.1 Å². The lowest BCUT2D eigenvalue weighted by Gasteiger charge is -2.26. The fraction of sp³-hybridized carbons (Fsp3) is 0. The lowest BCUT2D eigenvalue weighted by molar-refractivity contribution is 0.627. The molecule has 0 radical (unpaired) electrons. The van der Waals surface area contributed by atoms with Crippen LogP contribution in [0.3, 0.4) is 0 Å². The van der Waals surface area contributed by atoms with Crippen molar-refractivity contribution in [3.8, 4) is 27.9 Å². The molecule has 3 nitrogen and oxygen atoms in total. The number of halogens is 1. The molecule has 0 unspecified atom stereocenters. The van der Waals surface area contributed by atoms with E-state index < -0.39 is 0 Å². The highest BCUT2D eigenvalue weighted by molar-refractivity contribution is 6.10. The minimum atomic E-state index is -0.284. The maximum Gasteiger partial charge on any atom is 0.123 e. The van der Waals surface area contributed by atoms with Gasteiger partial charge in [0.2, 0.25) is 0 Å². The molecule has 0 aliphatic heterocycles. The monoisotopic (exact) mass is 751 g/mol. The summed E-state index contributed by atoms with van der Waals surface area (Å²) in [6.45, 7) is 0. The topological polar surface area (TPSA) is 11.4 Å². The molecule has 0 aliphatic rings. The summed E-state index contributed by atoms with van der Waals surface area (Å²) < 4.78 is 52.8. The number of benzene rings is 9. The van der Waals surface area contributed by atoms with E-state index >= 15 is 0 Å². The Morgan fingerprint density at radius 2 is 0.741 bits per heavy atom. The Kier molecular flexibility index (Phi) is 7.94. The van der Waals surface area contributed by atoms with Crippen molar-refractivity contribution in [2.24, 2.45) is 0 Å². The fourth-order valence-corrected chi connectivity index (χ4v) is 7.75. The molecular formula is C54H38FN3. The van der Waals surface area contributed by atoms with Crippen LogP contribution < -0.4 is 9.80 Å². The summed E-state index contributed by atoms with van der Waals surface area (Å²) in [5.74, 6) is -0.284. The second-order valence-corrected chi connectivity index (χ2v) is 14.1. The van der Waals surface area contributed by atoms with E-state index in [9.17, 15) is 7.13 Å². The van der Waals surface area contributed by atoms with Crippen molar-refractivity contribution < 1.29 is 9.87 Å². The van der Waals surface area contributed by atoms with E-state index in [4.69, 9.17) is 2.74 Å². The SMILES string of the molecule is [2H]c1c([2H])c(-c2ccc(N(c3ccccc3)c3ccc4c(c3)c3ccccc3n4-c3ccc(F)cc3)cc2)c([2H])c([2H])c1-c1ccc(N(c2ccccc2)c2ccccc2)cc1. The zero-order valence-electron chi connectivity index (χ0n) is 35.3. The maximum atomic E-state index is 14.0. The summed E-state index contributed by atoms with van der Waals surface area (Å²) in [5, 5.41) is 2.11. The normalized spacial score (nSPS) is 12.2. The third-order valence-corrected chi connectivity index (χ3v) is 10.5. The first-order valence-corrected chi connectivity index (χ1v) is 19.2. The molecule has 0 aliphatic carbocycles. The number of hydrogen-bond donors (Lipinski definition) is 0. The van der Waals surface area contributed by atoms with Crippen LogP contribution in [0.4, 0.5) is 38.5 Å². The van der Waals surface area contributed by atoms with Gasteiger partial charge in [-0.15, -0.1) is 0 Å². The number of para-hydroxylation sites is 4. The number of nitrogens with zero attached hydrogens (tertiary/aromatic N) is 3. The Morgan fingerprint density at radius 1 is 0.345 bits per heavy atom. The Labute approximate surface area is 343 Å². The summed E-state index contributed by atoms with van der Waals surface area (Å²) in [7, 11) is 0. The molecule has 9 aromatic carbocycles. The molecule has 1 aromatic heterocycles. The van der Waals surface area contributed by atoms with Crippen molar-refractivity contribution >= 4 is 55.9 Å². The fourth-order valence-electron chi connectivity index (χ4n) is 7.75. The Hall–Kier alpha value is -7.69. The first kappa shape index (κ1) is 30.5. The summed E-state index contributed by atoms with van der Waals surface area (Å²) in [5.41, 5.74) is 10.2. The summed E-state index contributed by atoms with van der Waals surface area (Å²) in [6.07, 6.45) is 0. The minimum absolute atomic E-state index is 0.0974. The lowest BCUT2D eigenvalue weighted by atomic mass is 9.99. The molecule has 10 rings (SSSR count). The Balaban J connectivity index is 1.01. The summed E-state index contributed by atoms with van der Waals surface area (Å²) >= 11 is 0. The van der Waals surface area contributed by atoms with Gasteiger partial charge in [-0.1, -0.05) is 121 Å². The van der Waals surface area contributed by atoms with E-state index in [-0.39, 0.29) is 41.1 Å². The quantitative estimate of drug-likeness (QED) is 0.145. The highest BCUT2D eigenvalue weighted by Gasteiger charge is 2.18. The highest BCUT2D eigenvalue weighted by atomic mass is 19.1. The van der Waals surface area contributed by atoms with Crippen molar-refractivity contribution in [1.82, 2.24) is 4.57 Å². The summed E-state index contributed by atoms with van der Waals surface area (Å²) in [6, 6.07) is 66.2. The van der Waals surface area contributed by atoms with Crippen LogP contribution in [-0.4, -0.2) is 4.57 Å². The first-order chi connectivity index (χ1) is 30.4. The zero-order valence-corrected chi connectivity index (χ0v) is 31.3. The molecule has 58 heavy (non-hydrogen) atoms. The molecule has 0 bridgehead atoms. The van der Waals surface area contributed by atoms with Gasteiger partial charge in [0, 0.05) is 50.6 Å². The van der Waals surface area contributed by atoms with Crippen molar-refractivity contribution in [1.29, 1.82) is 0 Å². The molecule has 0 fully saturated rings. The third kappa shape index (κ3) is 6.57. The number of aromatic nitrogens is 1. The van der Waals surface area contributed by atoms with E-state index in [2.05, 4.69) is 56.8 Å². The van der Waals surface area contributed by atoms with Crippen LogP contribution >= 0.6 is 0 Å². The molecule has 0 amide bonds. The second-order valence-electron chi connectivity index (χ2n) is 14.1. The van der Waals surface area contributed by atoms with Gasteiger partial charge in [-0.05, 0) is 131 Å². The number of rotatable bonds is 9. The largest absolute Gasteiger partial charge is 0.311 e. The van der Waals surface area contributed by atoms with Crippen molar-refractivity contribution in [2.45, 2.75) is 0 Å². The molecule has 10 aromatic rings. The van der Waals surface area contributed by atoms with E-state index in [1.807, 2.05) is 140 Å². The minimum Gasteiger partial charge on any atom is -0.311 e. The lowest BCUT2D eigenvalue weighted by Crippen LogP contribution is -2.09. The Morgan fingerprint density at radius 3 is 1.24 bits per heavy atom. The summed E-state index contributed by atoms with van der Waals surface area (Å²) in [4.78, 5) is 4.29. The van der Waals surface area contributed by atoms with Crippen LogP contribution in [0.5, 0.6) is 0 Å². The van der Waals surface area contributed by atoms with E-state index in [1.165, 1.54) is 12.1 Å². The Bertz CT molecular complexity index is 3140. The van der Waals surface area contributed by atoms with Gasteiger partial charge in [0.25, 0.3) is 0 Å². The van der Waals surface area contributed by atoms with Crippen LogP contribution in [0.25, 0.3) is 49.7 Å². The van der Waals surface area contributed by atoms with Gasteiger partial charge in [0.05, 0.1) is 16.5 Å². The number of fused-ring (bicyclic) bond motifs is 3. The molecule has 0 spiro atoms.